The van der Waals surface area contributed by atoms with Gasteiger partial charge in [0.15, 0.2) is 0 Å². The van der Waals surface area contributed by atoms with Gasteiger partial charge in [0.25, 0.3) is 0 Å². The van der Waals surface area contributed by atoms with Crippen LogP contribution in [0.5, 0.6) is 0 Å². The number of hydrogen-bond acceptors (Lipinski definition) is 2. The summed E-state index contributed by atoms with van der Waals surface area (Å²) in [5.41, 5.74) is 0. The second kappa shape index (κ2) is 5.05. The van der Waals surface area contributed by atoms with E-state index in [4.69, 9.17) is 5.11 Å². The molecule has 0 atom stereocenters. The van der Waals surface area contributed by atoms with Crippen molar-refractivity contribution < 1.29 is 9.90 Å². The van der Waals surface area contributed by atoms with E-state index in [-0.39, 0.29) is 0 Å². The van der Waals surface area contributed by atoms with E-state index in [1.54, 1.807) is 7.05 Å². The predicted molar refractivity (Wildman–Crippen MR) is 39.2 cm³/mol. The second-order valence-corrected chi connectivity index (χ2v) is 1.97. The minimum Gasteiger partial charge on any atom is -0.465 e. The Morgan fingerprint density at radius 2 is 2.30 bits per heavy atom. The topological polar surface area (TPSA) is 52.6 Å². The molecule has 0 aliphatic rings. The molecule has 0 radical (unpaired) electrons. The van der Waals surface area contributed by atoms with Crippen LogP contribution in [0.1, 0.15) is 6.92 Å². The van der Waals surface area contributed by atoms with E-state index in [0.29, 0.717) is 19.6 Å². The van der Waals surface area contributed by atoms with Crippen LogP contribution in [-0.4, -0.2) is 42.8 Å². The van der Waals surface area contributed by atoms with Crippen molar-refractivity contribution in [3.8, 4) is 0 Å². The number of amides is 1. The number of nitrogens with one attached hydrogen (secondary N) is 1. The van der Waals surface area contributed by atoms with Gasteiger partial charge >= 0.3 is 6.09 Å². The van der Waals surface area contributed by atoms with E-state index in [2.05, 4.69) is 5.32 Å². The molecule has 0 heterocycles. The van der Waals surface area contributed by atoms with Crippen LogP contribution in [0.15, 0.2) is 0 Å². The molecule has 0 aromatic rings. The first-order chi connectivity index (χ1) is 4.72. The minimum atomic E-state index is -0.849. The fourth-order valence-electron chi connectivity index (χ4n) is 0.636. The van der Waals surface area contributed by atoms with Gasteiger partial charge < -0.3 is 15.3 Å². The van der Waals surface area contributed by atoms with E-state index in [1.807, 2.05) is 6.92 Å². The van der Waals surface area contributed by atoms with Gasteiger partial charge in [-0.3, -0.25) is 0 Å². The van der Waals surface area contributed by atoms with Gasteiger partial charge in [0.1, 0.15) is 0 Å². The molecule has 0 saturated carbocycles. The van der Waals surface area contributed by atoms with E-state index in [1.165, 1.54) is 4.90 Å². The summed E-state index contributed by atoms with van der Waals surface area (Å²) in [6, 6.07) is 0. The molecule has 10 heavy (non-hydrogen) atoms. The zero-order chi connectivity index (χ0) is 7.98. The minimum absolute atomic E-state index is 0.553. The van der Waals surface area contributed by atoms with Gasteiger partial charge in [-0.15, -0.1) is 0 Å². The largest absolute Gasteiger partial charge is 0.465 e. The molecule has 0 rings (SSSR count). The highest BCUT2D eigenvalue weighted by Crippen LogP contribution is 1.85. The van der Waals surface area contributed by atoms with Crippen molar-refractivity contribution in [3.05, 3.63) is 0 Å². The van der Waals surface area contributed by atoms with Crippen molar-refractivity contribution >= 4 is 6.09 Å². The average Bonchev–Trinajstić information content (AvgIpc) is 1.89. The number of nitrogens with zero attached hydrogens (tertiary/aromatic N) is 1. The van der Waals surface area contributed by atoms with E-state index >= 15 is 0 Å². The Hall–Kier alpha value is -0.770. The molecule has 4 nitrogen and oxygen atoms in total. The highest BCUT2D eigenvalue weighted by Gasteiger charge is 2.06. The summed E-state index contributed by atoms with van der Waals surface area (Å²) in [7, 11) is 1.80. The van der Waals surface area contributed by atoms with E-state index in [9.17, 15) is 4.79 Å². The van der Waals surface area contributed by atoms with Gasteiger partial charge in [-0.05, 0) is 14.0 Å². The summed E-state index contributed by atoms with van der Waals surface area (Å²) < 4.78 is 0. The maximum atomic E-state index is 10.3. The van der Waals surface area contributed by atoms with Crippen LogP contribution in [0.4, 0.5) is 4.79 Å². The molecule has 0 aliphatic carbocycles. The molecule has 2 N–H and O–H groups in total. The van der Waals surface area contributed by atoms with Crippen LogP contribution < -0.4 is 5.32 Å². The van der Waals surface area contributed by atoms with Crippen molar-refractivity contribution in [1.82, 2.24) is 10.2 Å². The van der Waals surface area contributed by atoms with Crippen LogP contribution in [0.3, 0.4) is 0 Å². The fraction of sp³-hybridized carbons (Fsp3) is 0.833. The highest BCUT2D eigenvalue weighted by atomic mass is 16.4. The SMILES string of the molecule is CCN(CCNC)C(=O)O. The summed E-state index contributed by atoms with van der Waals surface area (Å²) in [5, 5.41) is 11.4. The Kier molecular flexibility index (Phi) is 4.66. The molecule has 0 bridgehead atoms. The lowest BCUT2D eigenvalue weighted by Gasteiger charge is -2.15. The molecule has 0 fully saturated rings. The molecule has 0 aromatic carbocycles. The quantitative estimate of drug-likeness (QED) is 0.596. The lowest BCUT2D eigenvalue weighted by Crippen LogP contribution is -2.34. The summed E-state index contributed by atoms with van der Waals surface area (Å²) in [6.45, 7) is 3.64. The molecular weight excluding hydrogens is 132 g/mol. The zero-order valence-electron chi connectivity index (χ0n) is 6.42. The molecule has 0 aromatic heterocycles. The van der Waals surface area contributed by atoms with Gasteiger partial charge in [-0.25, -0.2) is 4.79 Å². The third kappa shape index (κ3) is 3.29. The summed E-state index contributed by atoms with van der Waals surface area (Å²) in [5.74, 6) is 0. The first-order valence-corrected chi connectivity index (χ1v) is 3.34. The first-order valence-electron chi connectivity index (χ1n) is 3.34. The van der Waals surface area contributed by atoms with Crippen molar-refractivity contribution in [2.45, 2.75) is 6.92 Å². The monoisotopic (exact) mass is 146 g/mol. The molecule has 0 unspecified atom stereocenters. The molecule has 60 valence electrons. The van der Waals surface area contributed by atoms with Crippen molar-refractivity contribution in [2.75, 3.05) is 26.7 Å². The molecule has 1 amide bonds. The van der Waals surface area contributed by atoms with Gasteiger partial charge in [-0.2, -0.15) is 0 Å². The molecular formula is C6H14N2O2. The Labute approximate surface area is 60.8 Å². The number of likely N-dealkylation sites (N-methyl/N-ethyl adjacent to an activating group) is 2. The van der Waals surface area contributed by atoms with Crippen molar-refractivity contribution in [2.24, 2.45) is 0 Å². The predicted octanol–water partition coefficient (Wildman–Crippen LogP) is 0.206. The molecule has 4 heteroatoms. The summed E-state index contributed by atoms with van der Waals surface area (Å²) in [4.78, 5) is 11.7. The van der Waals surface area contributed by atoms with Crippen molar-refractivity contribution in [3.63, 3.8) is 0 Å². The number of carbonyl (C=O) groups is 1. The molecule has 0 aliphatic heterocycles. The fourth-order valence-corrected chi connectivity index (χ4v) is 0.636. The smallest absolute Gasteiger partial charge is 0.407 e. The first kappa shape index (κ1) is 9.23. The molecule has 0 saturated heterocycles. The van der Waals surface area contributed by atoms with Crippen LogP contribution in [0, 0.1) is 0 Å². The summed E-state index contributed by atoms with van der Waals surface area (Å²) in [6.07, 6.45) is -0.849. The van der Waals surface area contributed by atoms with E-state index < -0.39 is 6.09 Å². The van der Waals surface area contributed by atoms with Gasteiger partial charge in [0.05, 0.1) is 0 Å². The van der Waals surface area contributed by atoms with Gasteiger partial charge in [0.2, 0.25) is 0 Å². The maximum absolute atomic E-state index is 10.3. The number of rotatable bonds is 4. The Bertz CT molecular complexity index is 106. The number of carboxylic acid groups (broad SMARTS) is 1. The normalized spacial score (nSPS) is 9.40. The van der Waals surface area contributed by atoms with Crippen LogP contribution in [0.2, 0.25) is 0 Å². The Balaban J connectivity index is 3.50. The lowest BCUT2D eigenvalue weighted by atomic mass is 10.5. The average molecular weight is 146 g/mol. The Morgan fingerprint density at radius 1 is 1.70 bits per heavy atom. The summed E-state index contributed by atoms with van der Waals surface area (Å²) >= 11 is 0. The zero-order valence-corrected chi connectivity index (χ0v) is 6.42. The van der Waals surface area contributed by atoms with Crippen LogP contribution in [0.25, 0.3) is 0 Å². The number of hydrogen-bond donors (Lipinski definition) is 2. The third-order valence-corrected chi connectivity index (χ3v) is 1.28. The highest BCUT2D eigenvalue weighted by molar-refractivity contribution is 5.64. The second-order valence-electron chi connectivity index (χ2n) is 1.97. The van der Waals surface area contributed by atoms with Crippen molar-refractivity contribution in [1.29, 1.82) is 0 Å². The van der Waals surface area contributed by atoms with Crippen LogP contribution in [-0.2, 0) is 0 Å². The molecule has 0 spiro atoms. The van der Waals surface area contributed by atoms with Gasteiger partial charge in [0, 0.05) is 19.6 Å². The van der Waals surface area contributed by atoms with Gasteiger partial charge in [-0.1, -0.05) is 0 Å². The van der Waals surface area contributed by atoms with E-state index in [0.717, 1.165) is 0 Å². The Morgan fingerprint density at radius 3 is 2.60 bits per heavy atom. The standard InChI is InChI=1S/C6H14N2O2/c1-3-8(6(9)10)5-4-7-2/h7H,3-5H2,1-2H3,(H,9,10). The third-order valence-electron chi connectivity index (χ3n) is 1.28. The lowest BCUT2D eigenvalue weighted by molar-refractivity contribution is 0.148. The maximum Gasteiger partial charge on any atom is 0.407 e. The van der Waals surface area contributed by atoms with Crippen LogP contribution >= 0.6 is 0 Å².